The fourth-order valence-corrected chi connectivity index (χ4v) is 0. The number of halogens is 4. The molecule has 12 N–H and O–H groups in total. The summed E-state index contributed by atoms with van der Waals surface area (Å²) in [5.41, 5.74) is 13.0. The lowest BCUT2D eigenvalue weighted by Gasteiger charge is -1.17. The Morgan fingerprint density at radius 3 is 0.333 bits per heavy atom. The topological polar surface area (TPSA) is 111 Å². The molecule has 0 heterocycles. The minimum Gasteiger partial charge on any atom is -1.00 e. The predicted molar refractivity (Wildman–Crippen MR) is 35.2 cm³/mol. The largest absolute Gasteiger partial charge is 1.00 e. The molecule has 0 bridgehead atoms. The molecule has 0 aromatic rings. The Kier molecular flexibility index (Phi) is 42300. The highest BCUT2D eigenvalue weighted by Crippen LogP contribution is 0.256. The molecule has 0 spiro atoms. The van der Waals surface area contributed by atoms with Gasteiger partial charge in [0.25, 0.3) is 0 Å². The summed E-state index contributed by atoms with van der Waals surface area (Å²) in [4.78, 5) is 0. The fourth-order valence-electron chi connectivity index (χ4n) is 0. The molecular formula is C4H24F4N4. The van der Waals surface area contributed by atoms with Gasteiger partial charge in [-0.25, -0.2) is 0 Å². The van der Waals surface area contributed by atoms with Crippen LogP contribution in [0.1, 0.15) is 0 Å². The molecule has 0 unspecified atom stereocenters. The molecule has 0 atom stereocenters. The second-order valence-electron chi connectivity index (χ2n) is 0. The van der Waals surface area contributed by atoms with Crippen molar-refractivity contribution in [3.8, 4) is 0 Å². The molecule has 0 fully saturated rings. The van der Waals surface area contributed by atoms with Gasteiger partial charge in [-0.2, -0.15) is 0 Å². The van der Waals surface area contributed by atoms with Crippen molar-refractivity contribution in [2.24, 2.45) is 0 Å². The van der Waals surface area contributed by atoms with Crippen LogP contribution >= 0.6 is 0 Å². The van der Waals surface area contributed by atoms with E-state index in [4.69, 9.17) is 0 Å². The van der Waals surface area contributed by atoms with Gasteiger partial charge in [-0.05, 0) is 0 Å². The molecule has 0 aromatic carbocycles. The Balaban J connectivity index is -0.00000000267. The summed E-state index contributed by atoms with van der Waals surface area (Å²) in [6, 6.07) is 0. The highest BCUT2D eigenvalue weighted by Gasteiger charge is 0.880. The maximum absolute atomic E-state index is 3.25. The van der Waals surface area contributed by atoms with Gasteiger partial charge in [-0.1, -0.05) is 0 Å². The zero-order valence-corrected chi connectivity index (χ0v) is 8.34. The van der Waals surface area contributed by atoms with E-state index < -0.39 is 0 Å². The molecule has 0 saturated carbocycles. The first-order valence-electron chi connectivity index (χ1n) is 2.83. The van der Waals surface area contributed by atoms with Crippen LogP contribution in [-0.4, -0.2) is 28.2 Å². The second-order valence-corrected chi connectivity index (χ2v) is 0. The number of hydrogen-bond acceptors (Lipinski definition) is 0. The summed E-state index contributed by atoms with van der Waals surface area (Å²) in [5.74, 6) is 0. The van der Waals surface area contributed by atoms with Gasteiger partial charge < -0.3 is 41.8 Å². The summed E-state index contributed by atoms with van der Waals surface area (Å²) in [5, 5.41) is 0. The Hall–Kier alpha value is -0.440. The summed E-state index contributed by atoms with van der Waals surface area (Å²) >= 11 is 0. The van der Waals surface area contributed by atoms with Crippen LogP contribution in [0.3, 0.4) is 0 Å². The van der Waals surface area contributed by atoms with Crippen molar-refractivity contribution >= 4 is 0 Å². The standard InChI is InChI=1S/4CH5N.4FH/c4*1-2;;;;/h4*2H2,1H3;4*1H. The molecular weight excluding hydrogens is 180 g/mol. The summed E-state index contributed by atoms with van der Waals surface area (Å²) < 4.78 is 0. The average Bonchev–Trinajstić information content (AvgIpc) is 2.03. The summed E-state index contributed by atoms with van der Waals surface area (Å²) in [6.07, 6.45) is 0. The van der Waals surface area contributed by atoms with Gasteiger partial charge in [0.05, 0.1) is 28.2 Å². The molecule has 4 nitrogen and oxygen atoms in total. The molecule has 0 aliphatic heterocycles. The van der Waals surface area contributed by atoms with Gasteiger partial charge in [-0.15, -0.1) is 0 Å². The fraction of sp³-hybridized carbons (Fsp3) is 1.00. The molecule has 0 rings (SSSR count). The number of hydrogen-bond donors (Lipinski definition) is 4. The first kappa shape index (κ1) is 102. The van der Waals surface area contributed by atoms with Crippen LogP contribution in [0.5, 0.6) is 0 Å². The van der Waals surface area contributed by atoms with Crippen molar-refractivity contribution in [1.82, 2.24) is 0 Å². The Labute approximate surface area is 71.1 Å². The van der Waals surface area contributed by atoms with E-state index in [9.17, 15) is 0 Å². The van der Waals surface area contributed by atoms with E-state index >= 15 is 0 Å². The predicted octanol–water partition coefficient (Wildman–Crippen LogP) is -16.6. The minimum atomic E-state index is 0. The maximum Gasteiger partial charge on any atom is 0.0634 e. The number of rotatable bonds is 0. The summed E-state index contributed by atoms with van der Waals surface area (Å²) in [7, 11) is 7.00. The lowest BCUT2D eigenvalue weighted by atomic mass is 11.6. The van der Waals surface area contributed by atoms with E-state index in [0.717, 1.165) is 0 Å². The van der Waals surface area contributed by atoms with E-state index in [0.29, 0.717) is 0 Å². The van der Waals surface area contributed by atoms with Crippen LogP contribution in [0.4, 0.5) is 0 Å². The average molecular weight is 204 g/mol. The van der Waals surface area contributed by atoms with Gasteiger partial charge in [-0.3, -0.25) is 0 Å². The zero-order chi connectivity index (χ0) is 8.00. The Morgan fingerprint density at radius 1 is 0.333 bits per heavy atom. The van der Waals surface area contributed by atoms with Crippen LogP contribution in [0, 0.1) is 0 Å². The molecule has 0 radical (unpaired) electrons. The van der Waals surface area contributed by atoms with Crippen LogP contribution in [-0.2, 0) is 0 Å². The highest BCUT2D eigenvalue weighted by molar-refractivity contribution is 3.08. The van der Waals surface area contributed by atoms with Crippen LogP contribution in [0.25, 0.3) is 0 Å². The van der Waals surface area contributed by atoms with E-state index in [1.165, 1.54) is 0 Å². The first-order valence-corrected chi connectivity index (χ1v) is 2.83. The third-order valence-corrected chi connectivity index (χ3v) is 0. The number of quaternary nitrogens is 4. The quantitative estimate of drug-likeness (QED) is 0.281. The van der Waals surface area contributed by atoms with E-state index in [-0.39, 0.29) is 18.8 Å². The van der Waals surface area contributed by atoms with Crippen LogP contribution in [0.15, 0.2) is 0 Å². The molecule has 88 valence electrons. The van der Waals surface area contributed by atoms with Crippen molar-refractivity contribution < 1.29 is 41.8 Å². The molecule has 0 aromatic heterocycles. The van der Waals surface area contributed by atoms with Crippen molar-refractivity contribution in [2.45, 2.75) is 0 Å². The van der Waals surface area contributed by atoms with Crippen molar-refractivity contribution in [1.29, 1.82) is 0 Å². The highest BCUT2D eigenvalue weighted by atomic mass is 19.0. The van der Waals surface area contributed by atoms with Crippen LogP contribution < -0.4 is 41.8 Å². The zero-order valence-electron chi connectivity index (χ0n) is 8.34. The van der Waals surface area contributed by atoms with Gasteiger partial charge in [0, 0.05) is 0 Å². The van der Waals surface area contributed by atoms with E-state index in [1.807, 2.05) is 0 Å². The molecule has 0 amide bonds. The maximum atomic E-state index is 3.25. The molecule has 0 aliphatic rings. The second kappa shape index (κ2) is 4990. The normalized spacial score (nSPS) is 2.00. The SMILES string of the molecule is C[NH3+].C[NH3+].C[NH3+].C[NH3+].[F-].[F-].[F-].[F-]. The van der Waals surface area contributed by atoms with Crippen molar-refractivity contribution in [2.75, 3.05) is 28.2 Å². The van der Waals surface area contributed by atoms with E-state index in [1.54, 1.807) is 28.2 Å². The van der Waals surface area contributed by atoms with Gasteiger partial charge >= 0.3 is 0 Å². The summed E-state index contributed by atoms with van der Waals surface area (Å²) in [6.45, 7) is 0. The van der Waals surface area contributed by atoms with Crippen molar-refractivity contribution in [3.05, 3.63) is 0 Å². The lowest BCUT2D eigenvalue weighted by Crippen LogP contribution is -3.00. The smallest absolute Gasteiger partial charge is 0.0634 e. The lowest BCUT2D eigenvalue weighted by molar-refractivity contribution is -0.325. The van der Waals surface area contributed by atoms with Gasteiger partial charge in [0.2, 0.25) is 0 Å². The molecule has 12 heavy (non-hydrogen) atoms. The van der Waals surface area contributed by atoms with Crippen molar-refractivity contribution in [3.63, 3.8) is 0 Å². The van der Waals surface area contributed by atoms with Crippen LogP contribution in [0.2, 0.25) is 0 Å². The third kappa shape index (κ3) is 3620. The van der Waals surface area contributed by atoms with E-state index in [2.05, 4.69) is 22.9 Å². The first-order chi connectivity index (χ1) is 4.00. The molecule has 0 saturated heterocycles. The Morgan fingerprint density at radius 2 is 0.333 bits per heavy atom. The molecule has 0 aliphatic carbocycles. The molecule has 8 heteroatoms. The minimum absolute atomic E-state index is 0. The monoisotopic (exact) mass is 204 g/mol. The Bertz CT molecular complexity index is 19.0. The van der Waals surface area contributed by atoms with Gasteiger partial charge in [0.15, 0.2) is 0 Å². The third-order valence-electron chi connectivity index (χ3n) is 0. The van der Waals surface area contributed by atoms with Gasteiger partial charge in [0.1, 0.15) is 0 Å².